The predicted octanol–water partition coefficient (Wildman–Crippen LogP) is 4.15. The van der Waals surface area contributed by atoms with E-state index in [4.69, 9.17) is 0 Å². The van der Waals surface area contributed by atoms with Crippen LogP contribution in [0.1, 0.15) is 38.1 Å². The highest BCUT2D eigenvalue weighted by Crippen LogP contribution is 2.24. The summed E-state index contributed by atoms with van der Waals surface area (Å²) in [7, 11) is 0. The maximum Gasteiger partial charge on any atom is 0.133 e. The lowest BCUT2D eigenvalue weighted by Gasteiger charge is -2.11. The van der Waals surface area contributed by atoms with E-state index in [1.54, 1.807) is 0 Å². The fourth-order valence-corrected chi connectivity index (χ4v) is 2.03. The molecule has 0 radical (unpaired) electrons. The lowest BCUT2D eigenvalue weighted by molar-refractivity contribution is 0.627. The lowest BCUT2D eigenvalue weighted by Crippen LogP contribution is -2.06. The molecule has 0 atom stereocenters. The Labute approximate surface area is 119 Å². The van der Waals surface area contributed by atoms with E-state index in [1.807, 2.05) is 39.8 Å². The summed E-state index contributed by atoms with van der Waals surface area (Å²) in [5.41, 5.74) is 2.42. The molecule has 0 saturated heterocycles. The van der Waals surface area contributed by atoms with Gasteiger partial charge in [-0.3, -0.25) is 0 Å². The minimum absolute atomic E-state index is 0.224. The first kappa shape index (κ1) is 14.4. The SMILES string of the molecule is CCNc1cc(-c2cc(C)cc(F)c2)nc(C(C)C)n1. The van der Waals surface area contributed by atoms with Gasteiger partial charge in [-0.05, 0) is 37.6 Å². The van der Waals surface area contributed by atoms with Crippen molar-refractivity contribution in [2.45, 2.75) is 33.6 Å². The number of anilines is 1. The summed E-state index contributed by atoms with van der Waals surface area (Å²) >= 11 is 0. The molecular formula is C16H20FN3. The molecule has 1 aromatic heterocycles. The van der Waals surface area contributed by atoms with Crippen LogP contribution in [-0.4, -0.2) is 16.5 Å². The standard InChI is InChI=1S/C16H20FN3/c1-5-18-15-9-14(19-16(20-15)10(2)3)12-6-11(4)7-13(17)8-12/h6-10H,5H2,1-4H3,(H,18,19,20). The minimum atomic E-state index is -0.241. The number of hydrogen-bond donors (Lipinski definition) is 1. The molecule has 3 nitrogen and oxygen atoms in total. The molecular weight excluding hydrogens is 253 g/mol. The average Bonchev–Trinajstić information content (AvgIpc) is 2.37. The van der Waals surface area contributed by atoms with Crippen molar-refractivity contribution in [2.24, 2.45) is 0 Å². The van der Waals surface area contributed by atoms with E-state index >= 15 is 0 Å². The summed E-state index contributed by atoms with van der Waals surface area (Å²) in [5, 5.41) is 3.20. The smallest absolute Gasteiger partial charge is 0.133 e. The maximum atomic E-state index is 13.6. The molecule has 4 heteroatoms. The molecule has 2 aromatic rings. The fraction of sp³-hybridized carbons (Fsp3) is 0.375. The van der Waals surface area contributed by atoms with Crippen LogP contribution in [0.5, 0.6) is 0 Å². The van der Waals surface area contributed by atoms with Crippen LogP contribution in [0.25, 0.3) is 11.3 Å². The van der Waals surface area contributed by atoms with Gasteiger partial charge in [-0.25, -0.2) is 14.4 Å². The van der Waals surface area contributed by atoms with Crippen molar-refractivity contribution in [1.29, 1.82) is 0 Å². The molecule has 0 bridgehead atoms. The van der Waals surface area contributed by atoms with Crippen LogP contribution in [0.15, 0.2) is 24.3 Å². The van der Waals surface area contributed by atoms with Gasteiger partial charge in [0.05, 0.1) is 5.69 Å². The zero-order valence-corrected chi connectivity index (χ0v) is 12.4. The van der Waals surface area contributed by atoms with Crippen molar-refractivity contribution < 1.29 is 4.39 Å². The van der Waals surface area contributed by atoms with E-state index in [0.29, 0.717) is 0 Å². The maximum absolute atomic E-state index is 13.6. The molecule has 0 amide bonds. The number of rotatable bonds is 4. The summed E-state index contributed by atoms with van der Waals surface area (Å²) in [5.74, 6) is 1.53. The summed E-state index contributed by atoms with van der Waals surface area (Å²) in [6.07, 6.45) is 0. The molecule has 1 heterocycles. The molecule has 0 fully saturated rings. The van der Waals surface area contributed by atoms with Crippen LogP contribution < -0.4 is 5.32 Å². The van der Waals surface area contributed by atoms with Crippen molar-refractivity contribution in [3.8, 4) is 11.3 Å². The molecule has 106 valence electrons. The van der Waals surface area contributed by atoms with Crippen LogP contribution in [0, 0.1) is 12.7 Å². The molecule has 0 aliphatic rings. The highest BCUT2D eigenvalue weighted by Gasteiger charge is 2.10. The Bertz CT molecular complexity index is 588. The number of benzene rings is 1. The average molecular weight is 273 g/mol. The Kier molecular flexibility index (Phi) is 4.32. The van der Waals surface area contributed by atoms with Gasteiger partial charge in [-0.2, -0.15) is 0 Å². The van der Waals surface area contributed by atoms with Crippen molar-refractivity contribution >= 4 is 5.82 Å². The van der Waals surface area contributed by atoms with Crippen molar-refractivity contribution in [2.75, 3.05) is 11.9 Å². The first-order valence-corrected chi connectivity index (χ1v) is 6.90. The Morgan fingerprint density at radius 3 is 2.50 bits per heavy atom. The van der Waals surface area contributed by atoms with Crippen LogP contribution in [-0.2, 0) is 0 Å². The van der Waals surface area contributed by atoms with E-state index in [0.717, 1.165) is 35.0 Å². The third-order valence-corrected chi connectivity index (χ3v) is 2.96. The van der Waals surface area contributed by atoms with Crippen molar-refractivity contribution in [1.82, 2.24) is 9.97 Å². The monoisotopic (exact) mass is 273 g/mol. The molecule has 0 aliphatic heterocycles. The predicted molar refractivity (Wildman–Crippen MR) is 80.4 cm³/mol. The van der Waals surface area contributed by atoms with Gasteiger partial charge >= 0.3 is 0 Å². The molecule has 0 saturated carbocycles. The van der Waals surface area contributed by atoms with Gasteiger partial charge < -0.3 is 5.32 Å². The van der Waals surface area contributed by atoms with E-state index in [-0.39, 0.29) is 11.7 Å². The third kappa shape index (κ3) is 3.32. The molecule has 1 N–H and O–H groups in total. The highest BCUT2D eigenvalue weighted by atomic mass is 19.1. The first-order chi connectivity index (χ1) is 9.49. The number of hydrogen-bond acceptors (Lipinski definition) is 3. The molecule has 0 spiro atoms. The zero-order valence-electron chi connectivity index (χ0n) is 12.4. The summed E-state index contributed by atoms with van der Waals surface area (Å²) < 4.78 is 13.6. The van der Waals surface area contributed by atoms with Crippen molar-refractivity contribution in [3.63, 3.8) is 0 Å². The van der Waals surface area contributed by atoms with Crippen LogP contribution in [0.4, 0.5) is 10.2 Å². The fourth-order valence-electron chi connectivity index (χ4n) is 2.03. The summed E-state index contributed by atoms with van der Waals surface area (Å²) in [6, 6.07) is 6.82. The van der Waals surface area contributed by atoms with Gasteiger partial charge in [0.1, 0.15) is 17.5 Å². The quantitative estimate of drug-likeness (QED) is 0.909. The second-order valence-electron chi connectivity index (χ2n) is 5.20. The van der Waals surface area contributed by atoms with E-state index < -0.39 is 0 Å². The second kappa shape index (κ2) is 5.99. The Morgan fingerprint density at radius 2 is 1.90 bits per heavy atom. The van der Waals surface area contributed by atoms with Gasteiger partial charge in [0.2, 0.25) is 0 Å². The van der Waals surface area contributed by atoms with Crippen LogP contribution >= 0.6 is 0 Å². The number of nitrogens with zero attached hydrogens (tertiary/aromatic N) is 2. The zero-order chi connectivity index (χ0) is 14.7. The number of halogens is 1. The Hall–Kier alpha value is -1.97. The molecule has 1 aromatic carbocycles. The third-order valence-electron chi connectivity index (χ3n) is 2.96. The summed E-state index contributed by atoms with van der Waals surface area (Å²) in [6.45, 7) is 8.78. The lowest BCUT2D eigenvalue weighted by atomic mass is 10.1. The van der Waals surface area contributed by atoms with Crippen molar-refractivity contribution in [3.05, 3.63) is 41.5 Å². The number of aryl methyl sites for hydroxylation is 1. The van der Waals surface area contributed by atoms with E-state index in [9.17, 15) is 4.39 Å². The van der Waals surface area contributed by atoms with Gasteiger partial charge in [0.15, 0.2) is 0 Å². The summed E-state index contributed by atoms with van der Waals surface area (Å²) in [4.78, 5) is 9.03. The van der Waals surface area contributed by atoms with Gasteiger partial charge in [0.25, 0.3) is 0 Å². The highest BCUT2D eigenvalue weighted by molar-refractivity contribution is 5.63. The molecule has 0 aliphatic carbocycles. The van der Waals surface area contributed by atoms with Crippen LogP contribution in [0.2, 0.25) is 0 Å². The first-order valence-electron chi connectivity index (χ1n) is 6.90. The normalized spacial score (nSPS) is 10.9. The van der Waals surface area contributed by atoms with Gasteiger partial charge in [-0.15, -0.1) is 0 Å². The largest absolute Gasteiger partial charge is 0.370 e. The minimum Gasteiger partial charge on any atom is -0.370 e. The number of nitrogens with one attached hydrogen (secondary N) is 1. The second-order valence-corrected chi connectivity index (χ2v) is 5.20. The van der Waals surface area contributed by atoms with E-state index in [1.165, 1.54) is 12.1 Å². The van der Waals surface area contributed by atoms with E-state index in [2.05, 4.69) is 15.3 Å². The topological polar surface area (TPSA) is 37.8 Å². The molecule has 2 rings (SSSR count). The Morgan fingerprint density at radius 1 is 1.15 bits per heavy atom. The van der Waals surface area contributed by atoms with Gasteiger partial charge in [0, 0.05) is 24.1 Å². The Balaban J connectivity index is 2.54. The molecule has 0 unspecified atom stereocenters. The number of aromatic nitrogens is 2. The van der Waals surface area contributed by atoms with Gasteiger partial charge in [-0.1, -0.05) is 13.8 Å². The van der Waals surface area contributed by atoms with Crippen LogP contribution in [0.3, 0.4) is 0 Å². The molecule has 20 heavy (non-hydrogen) atoms.